The van der Waals surface area contributed by atoms with Crippen molar-refractivity contribution in [2.75, 3.05) is 5.75 Å². The molecule has 5 heteroatoms. The van der Waals surface area contributed by atoms with Crippen LogP contribution in [0.3, 0.4) is 0 Å². The Morgan fingerprint density at radius 1 is 0.710 bits per heavy atom. The van der Waals surface area contributed by atoms with E-state index in [9.17, 15) is 0 Å². The summed E-state index contributed by atoms with van der Waals surface area (Å²) in [4.78, 5) is 0. The molecule has 3 aromatic carbocycles. The van der Waals surface area contributed by atoms with Crippen molar-refractivity contribution in [2.24, 2.45) is 0 Å². The molecule has 0 atom stereocenters. The van der Waals surface area contributed by atoms with E-state index in [4.69, 9.17) is 20.9 Å². The van der Waals surface area contributed by atoms with Gasteiger partial charge in [0.15, 0.2) is 0 Å². The van der Waals surface area contributed by atoms with E-state index in [0.717, 1.165) is 23.7 Å². The number of benzene rings is 3. The molecule has 0 heterocycles. The second kappa shape index (κ2) is 11.2. The molecule has 0 aromatic heterocycles. The molecule has 2 nitrogen and oxygen atoms in total. The van der Waals surface area contributed by atoms with Gasteiger partial charge in [-0.05, 0) is 82.4 Å². The van der Waals surface area contributed by atoms with Gasteiger partial charge in [-0.2, -0.15) is 0 Å². The molecule has 0 spiro atoms. The monoisotopic (exact) mass is 470 g/mol. The maximum atomic E-state index is 6.32. The van der Waals surface area contributed by atoms with Crippen LogP contribution in [-0.4, -0.2) is 5.75 Å². The molecule has 31 heavy (non-hydrogen) atoms. The molecule has 3 rings (SSSR count). The molecular formula is C26H31O2PS2. The fraction of sp³-hybridized carbons (Fsp3) is 0.308. The zero-order valence-electron chi connectivity index (χ0n) is 18.7. The highest BCUT2D eigenvalue weighted by Crippen LogP contribution is 2.60. The molecule has 0 aliphatic heterocycles. The first kappa shape index (κ1) is 23.9. The highest BCUT2D eigenvalue weighted by atomic mass is 32.9. The summed E-state index contributed by atoms with van der Waals surface area (Å²) < 4.78 is 12.6. The van der Waals surface area contributed by atoms with Crippen LogP contribution >= 0.6 is 17.1 Å². The first-order chi connectivity index (χ1) is 14.8. The summed E-state index contributed by atoms with van der Waals surface area (Å²) in [6.45, 7) is 8.74. The van der Waals surface area contributed by atoms with E-state index in [-0.39, 0.29) is 0 Å². The van der Waals surface area contributed by atoms with Gasteiger partial charge in [-0.25, -0.2) is 0 Å². The standard InChI is InChI=1S/C26H31O2PS2/c1-20(2)23-10-14-25(15-11-23)27-29(30,31-19-18-22-8-6-5-7-9-22)28-26-16-12-24(13-17-26)21(3)4/h5-17,20-21H,18-19H2,1-4H3. The molecule has 0 bridgehead atoms. The molecule has 0 saturated heterocycles. The minimum absolute atomic E-state index is 0.480. The largest absolute Gasteiger partial charge is 0.428 e. The van der Waals surface area contributed by atoms with Gasteiger partial charge < -0.3 is 9.05 Å². The lowest BCUT2D eigenvalue weighted by Crippen LogP contribution is -2.00. The zero-order chi connectivity index (χ0) is 22.3. The van der Waals surface area contributed by atoms with E-state index < -0.39 is 5.69 Å². The van der Waals surface area contributed by atoms with Crippen molar-refractivity contribution in [3.63, 3.8) is 0 Å². The summed E-state index contributed by atoms with van der Waals surface area (Å²) in [6.07, 6.45) is 0.926. The van der Waals surface area contributed by atoms with Crippen LogP contribution < -0.4 is 9.05 Å². The van der Waals surface area contributed by atoms with Crippen LogP contribution in [0.25, 0.3) is 0 Å². The van der Waals surface area contributed by atoms with Gasteiger partial charge in [-0.1, -0.05) is 82.3 Å². The Labute approximate surface area is 196 Å². The van der Waals surface area contributed by atoms with Gasteiger partial charge in [-0.3, -0.25) is 0 Å². The number of rotatable bonds is 10. The van der Waals surface area contributed by atoms with Crippen molar-refractivity contribution in [3.05, 3.63) is 95.6 Å². The van der Waals surface area contributed by atoms with E-state index in [1.807, 2.05) is 30.3 Å². The Balaban J connectivity index is 1.75. The second-order valence-corrected chi connectivity index (χ2v) is 14.4. The normalized spacial score (nSPS) is 11.7. The lowest BCUT2D eigenvalue weighted by molar-refractivity contribution is 0.506. The molecule has 3 aromatic rings. The lowest BCUT2D eigenvalue weighted by atomic mass is 10.0. The van der Waals surface area contributed by atoms with E-state index in [0.29, 0.717) is 11.8 Å². The molecular weight excluding hydrogens is 439 g/mol. The van der Waals surface area contributed by atoms with Gasteiger partial charge >= 0.3 is 5.69 Å². The SMILES string of the molecule is CC(C)c1ccc(OP(=S)(Oc2ccc(C(C)C)cc2)SCCc2ccccc2)cc1. The van der Waals surface area contributed by atoms with E-state index in [2.05, 4.69) is 76.2 Å². The highest BCUT2D eigenvalue weighted by Gasteiger charge is 2.24. The Hall–Kier alpha value is -1.74. The van der Waals surface area contributed by atoms with Gasteiger partial charge in [-0.15, -0.1) is 0 Å². The fourth-order valence-corrected chi connectivity index (χ4v) is 7.49. The topological polar surface area (TPSA) is 18.5 Å². The molecule has 0 fully saturated rings. The van der Waals surface area contributed by atoms with Crippen LogP contribution in [0.15, 0.2) is 78.9 Å². The van der Waals surface area contributed by atoms with Crippen molar-refractivity contribution < 1.29 is 9.05 Å². The summed E-state index contributed by atoms with van der Waals surface area (Å²) in [5.41, 5.74) is 1.22. The first-order valence-electron chi connectivity index (χ1n) is 10.7. The third kappa shape index (κ3) is 7.42. The lowest BCUT2D eigenvalue weighted by Gasteiger charge is -2.23. The number of hydrogen-bond donors (Lipinski definition) is 0. The quantitative estimate of drug-likeness (QED) is 0.276. The van der Waals surface area contributed by atoms with Gasteiger partial charge in [0, 0.05) is 5.75 Å². The Bertz CT molecular complexity index is 927. The molecule has 0 amide bonds. The molecule has 0 saturated carbocycles. The molecule has 0 aliphatic rings. The number of hydrogen-bond acceptors (Lipinski definition) is 4. The van der Waals surface area contributed by atoms with Crippen LogP contribution in [-0.2, 0) is 18.2 Å². The van der Waals surface area contributed by atoms with Crippen molar-refractivity contribution in [1.82, 2.24) is 0 Å². The van der Waals surface area contributed by atoms with Crippen LogP contribution in [0.4, 0.5) is 0 Å². The second-order valence-electron chi connectivity index (χ2n) is 8.15. The predicted octanol–water partition coefficient (Wildman–Crippen LogP) is 8.59. The molecule has 0 N–H and O–H groups in total. The summed E-state index contributed by atoms with van der Waals surface area (Å²) in [5.74, 6) is 3.33. The zero-order valence-corrected chi connectivity index (χ0v) is 21.2. The average Bonchev–Trinajstić information content (AvgIpc) is 2.75. The summed E-state index contributed by atoms with van der Waals surface area (Å²) in [6, 6.07) is 26.9. The van der Waals surface area contributed by atoms with Crippen molar-refractivity contribution in [1.29, 1.82) is 0 Å². The number of aryl methyl sites for hydroxylation is 1. The van der Waals surface area contributed by atoms with Gasteiger partial charge in [0.25, 0.3) is 0 Å². The van der Waals surface area contributed by atoms with Gasteiger partial charge in [0.2, 0.25) is 0 Å². The van der Waals surface area contributed by atoms with E-state index >= 15 is 0 Å². The Kier molecular flexibility index (Phi) is 8.66. The summed E-state index contributed by atoms with van der Waals surface area (Å²) >= 11 is 7.59. The average molecular weight is 471 g/mol. The summed E-state index contributed by atoms with van der Waals surface area (Å²) in [7, 11) is 0. The molecule has 0 unspecified atom stereocenters. The molecule has 164 valence electrons. The molecule has 0 radical (unpaired) electrons. The fourth-order valence-electron chi connectivity index (χ4n) is 3.08. The van der Waals surface area contributed by atoms with Crippen molar-refractivity contribution in [2.45, 2.75) is 46.0 Å². The minimum Gasteiger partial charge on any atom is -0.428 e. The maximum Gasteiger partial charge on any atom is 0.348 e. The van der Waals surface area contributed by atoms with Gasteiger partial charge in [0.05, 0.1) is 0 Å². The Morgan fingerprint density at radius 3 is 1.58 bits per heavy atom. The minimum atomic E-state index is -2.63. The van der Waals surface area contributed by atoms with Crippen LogP contribution in [0.2, 0.25) is 0 Å². The first-order valence-corrected chi connectivity index (χ1v) is 14.9. The van der Waals surface area contributed by atoms with Crippen molar-refractivity contribution in [3.8, 4) is 11.5 Å². The van der Waals surface area contributed by atoms with Crippen LogP contribution in [0, 0.1) is 0 Å². The predicted molar refractivity (Wildman–Crippen MR) is 139 cm³/mol. The maximum absolute atomic E-state index is 6.32. The third-order valence-corrected chi connectivity index (χ3v) is 9.92. The van der Waals surface area contributed by atoms with Crippen molar-refractivity contribution >= 4 is 28.9 Å². The summed E-state index contributed by atoms with van der Waals surface area (Å²) in [5, 5.41) is 0. The smallest absolute Gasteiger partial charge is 0.348 e. The van der Waals surface area contributed by atoms with E-state index in [1.54, 1.807) is 11.4 Å². The van der Waals surface area contributed by atoms with Crippen LogP contribution in [0.5, 0.6) is 11.5 Å². The highest BCUT2D eigenvalue weighted by molar-refractivity contribution is 8.68. The Morgan fingerprint density at radius 2 is 1.16 bits per heavy atom. The van der Waals surface area contributed by atoms with E-state index in [1.165, 1.54) is 16.7 Å². The van der Waals surface area contributed by atoms with Gasteiger partial charge in [0.1, 0.15) is 11.5 Å². The third-order valence-electron chi connectivity index (χ3n) is 5.01. The van der Waals surface area contributed by atoms with Crippen LogP contribution in [0.1, 0.15) is 56.2 Å². The molecule has 0 aliphatic carbocycles.